The maximum atomic E-state index is 5.30. The van der Waals surface area contributed by atoms with Gasteiger partial charge in [-0.05, 0) is 0 Å². The van der Waals surface area contributed by atoms with E-state index in [1.54, 1.807) is 4.63 Å². The first kappa shape index (κ1) is 5.96. The Morgan fingerprint density at radius 1 is 1.60 bits per heavy atom. The fourth-order valence-electron chi connectivity index (χ4n) is 0. The Balaban J connectivity index is 2.83. The molecule has 0 aliphatic rings. The third-order valence-electron chi connectivity index (χ3n) is 0.178. The summed E-state index contributed by atoms with van der Waals surface area (Å²) in [5.74, 6) is 0. The molecule has 0 aliphatic carbocycles. The molecule has 0 heterocycles. The van der Waals surface area contributed by atoms with E-state index in [2.05, 4.69) is 6.58 Å². The van der Waals surface area contributed by atoms with Crippen LogP contribution in [-0.2, 0) is 0 Å². The van der Waals surface area contributed by atoms with E-state index in [-0.39, 0.29) is 0 Å². The Bertz CT molecular complexity index is 34.6. The standard InChI is InChI=1S/C2H3.2ClH.Ga/c1-2;;;/h1H,2H2;2*1H;/q;;;+2/p-2. The minimum atomic E-state index is -1.80. The molecule has 0 rings (SSSR count). The van der Waals surface area contributed by atoms with E-state index in [0.717, 1.165) is 0 Å². The van der Waals surface area contributed by atoms with Gasteiger partial charge in [0.15, 0.2) is 0 Å². The Morgan fingerprint density at radius 3 is 1.80 bits per heavy atom. The van der Waals surface area contributed by atoms with Crippen molar-refractivity contribution < 1.29 is 0 Å². The topological polar surface area (TPSA) is 0 Å². The summed E-state index contributed by atoms with van der Waals surface area (Å²) in [6.07, 6.45) is 0. The summed E-state index contributed by atoms with van der Waals surface area (Å²) in [6, 6.07) is 0. The number of hydrogen-bond donors (Lipinski definition) is 0. The summed E-state index contributed by atoms with van der Waals surface area (Å²) >= 11 is -1.80. The van der Waals surface area contributed by atoms with Crippen LogP contribution in [0.25, 0.3) is 0 Å². The summed E-state index contributed by atoms with van der Waals surface area (Å²) in [5, 5.41) is 0. The van der Waals surface area contributed by atoms with Crippen LogP contribution in [0.15, 0.2) is 11.2 Å². The second-order valence-corrected chi connectivity index (χ2v) is 9.01. The van der Waals surface area contributed by atoms with Crippen LogP contribution in [0.3, 0.4) is 0 Å². The number of halogens is 2. The molecule has 0 radical (unpaired) electrons. The quantitative estimate of drug-likeness (QED) is 0.522. The molecule has 0 aromatic heterocycles. The SMILES string of the molecule is C=[CH][Ga]([Cl])[Cl]. The summed E-state index contributed by atoms with van der Waals surface area (Å²) < 4.78 is 1.64. The zero-order chi connectivity index (χ0) is 4.28. The van der Waals surface area contributed by atoms with Crippen LogP contribution in [-0.4, -0.2) is 14.2 Å². The molecule has 0 amide bonds. The molecule has 0 atom stereocenters. The van der Waals surface area contributed by atoms with Gasteiger partial charge in [-0.15, -0.1) is 0 Å². The molecular weight excluding hydrogens is 165 g/mol. The first-order valence-electron chi connectivity index (χ1n) is 1.18. The Kier molecular flexibility index (Phi) is 3.76. The third kappa shape index (κ3) is 4.96. The van der Waals surface area contributed by atoms with Crippen LogP contribution in [0.4, 0.5) is 0 Å². The predicted molar refractivity (Wildman–Crippen MR) is 27.7 cm³/mol. The van der Waals surface area contributed by atoms with Crippen molar-refractivity contribution in [1.29, 1.82) is 0 Å². The minimum absolute atomic E-state index is 1.64. The fourth-order valence-corrected chi connectivity index (χ4v) is 0. The van der Waals surface area contributed by atoms with E-state index in [1.807, 2.05) is 0 Å². The van der Waals surface area contributed by atoms with Gasteiger partial charge >= 0.3 is 44.7 Å². The summed E-state index contributed by atoms with van der Waals surface area (Å²) in [7, 11) is 10.6. The van der Waals surface area contributed by atoms with E-state index in [0.29, 0.717) is 0 Å². The number of rotatable bonds is 1. The van der Waals surface area contributed by atoms with E-state index in [9.17, 15) is 0 Å². The van der Waals surface area contributed by atoms with Gasteiger partial charge in [0.05, 0.1) is 0 Å². The molecule has 28 valence electrons. The third-order valence-corrected chi connectivity index (χ3v) is 2.78. The Morgan fingerprint density at radius 2 is 1.80 bits per heavy atom. The van der Waals surface area contributed by atoms with Gasteiger partial charge in [0.2, 0.25) is 0 Å². The van der Waals surface area contributed by atoms with Gasteiger partial charge in [0.25, 0.3) is 0 Å². The van der Waals surface area contributed by atoms with Crippen molar-refractivity contribution in [2.75, 3.05) is 0 Å². The molecule has 3 heteroatoms. The van der Waals surface area contributed by atoms with Gasteiger partial charge in [-0.2, -0.15) is 0 Å². The van der Waals surface area contributed by atoms with Gasteiger partial charge in [-0.1, -0.05) is 0 Å². The van der Waals surface area contributed by atoms with E-state index >= 15 is 0 Å². The van der Waals surface area contributed by atoms with Crippen molar-refractivity contribution in [3.63, 3.8) is 0 Å². The van der Waals surface area contributed by atoms with Crippen molar-refractivity contribution in [3.8, 4) is 0 Å². The second-order valence-electron chi connectivity index (χ2n) is 0.570. The van der Waals surface area contributed by atoms with Crippen LogP contribution in [0.5, 0.6) is 0 Å². The van der Waals surface area contributed by atoms with Gasteiger partial charge in [0, 0.05) is 0 Å². The van der Waals surface area contributed by atoms with Gasteiger partial charge in [-0.3, -0.25) is 0 Å². The second kappa shape index (κ2) is 3.16. The zero-order valence-electron chi connectivity index (χ0n) is 2.62. The molecular formula is C2H3Cl2Ga. The molecule has 0 spiro atoms. The zero-order valence-corrected chi connectivity index (χ0v) is 6.55. The molecule has 0 N–H and O–H groups in total. The summed E-state index contributed by atoms with van der Waals surface area (Å²) in [4.78, 5) is 0. The summed E-state index contributed by atoms with van der Waals surface area (Å²) in [6.45, 7) is 3.38. The molecule has 0 fully saturated rings. The summed E-state index contributed by atoms with van der Waals surface area (Å²) in [5.41, 5.74) is 0. The Hall–Kier alpha value is 0.956. The normalized spacial score (nSPS) is 6.80. The van der Waals surface area contributed by atoms with E-state index in [1.165, 1.54) is 0 Å². The molecule has 0 aromatic rings. The molecule has 0 nitrogen and oxygen atoms in total. The van der Waals surface area contributed by atoms with Gasteiger partial charge in [-0.25, -0.2) is 0 Å². The molecule has 0 saturated carbocycles. The molecule has 0 bridgehead atoms. The molecule has 5 heavy (non-hydrogen) atoms. The van der Waals surface area contributed by atoms with Gasteiger partial charge < -0.3 is 0 Å². The molecule has 0 unspecified atom stereocenters. The van der Waals surface area contributed by atoms with Crippen molar-refractivity contribution in [2.24, 2.45) is 0 Å². The van der Waals surface area contributed by atoms with Crippen LogP contribution >= 0.6 is 19.3 Å². The van der Waals surface area contributed by atoms with E-state index in [4.69, 9.17) is 19.3 Å². The molecule has 0 saturated heterocycles. The van der Waals surface area contributed by atoms with Crippen LogP contribution in [0, 0.1) is 0 Å². The molecule has 0 aromatic carbocycles. The monoisotopic (exact) mass is 166 g/mol. The van der Waals surface area contributed by atoms with Crippen molar-refractivity contribution in [2.45, 2.75) is 0 Å². The first-order chi connectivity index (χ1) is 2.27. The van der Waals surface area contributed by atoms with Crippen molar-refractivity contribution in [3.05, 3.63) is 11.2 Å². The number of hydrogen-bond acceptors (Lipinski definition) is 0. The van der Waals surface area contributed by atoms with Crippen molar-refractivity contribution in [1.82, 2.24) is 0 Å². The fraction of sp³-hybridized carbons (Fsp3) is 0. The van der Waals surface area contributed by atoms with Gasteiger partial charge in [0.1, 0.15) is 0 Å². The van der Waals surface area contributed by atoms with E-state index < -0.39 is 14.2 Å². The van der Waals surface area contributed by atoms with Crippen LogP contribution in [0.2, 0.25) is 0 Å². The molecule has 0 aliphatic heterocycles. The average Bonchev–Trinajstić information content (AvgIpc) is 1.38. The van der Waals surface area contributed by atoms with Crippen molar-refractivity contribution >= 4 is 33.5 Å². The van der Waals surface area contributed by atoms with Crippen LogP contribution < -0.4 is 0 Å². The van der Waals surface area contributed by atoms with Crippen LogP contribution in [0.1, 0.15) is 0 Å². The maximum absolute atomic E-state index is 5.30. The Labute approximate surface area is 44.8 Å². The average molecular weight is 168 g/mol. The predicted octanol–water partition coefficient (Wildman–Crippen LogP) is 1.68. The first-order valence-corrected chi connectivity index (χ1v) is 8.94.